The van der Waals surface area contributed by atoms with Crippen molar-refractivity contribution in [3.8, 4) is 6.07 Å². The van der Waals surface area contributed by atoms with Gasteiger partial charge in [0.15, 0.2) is 0 Å². The monoisotopic (exact) mass is 327 g/mol. The van der Waals surface area contributed by atoms with E-state index in [9.17, 15) is 10.1 Å². The van der Waals surface area contributed by atoms with E-state index in [1.165, 1.54) is 17.5 Å². The maximum absolute atomic E-state index is 12.1. The fraction of sp³-hybridized carbons (Fsp3) is 0.619. The molecule has 2 rings (SSSR count). The number of nitrogens with zero attached hydrogens (tertiary/aromatic N) is 1. The molecule has 1 aliphatic rings. The lowest BCUT2D eigenvalue weighted by atomic mass is 9.81. The van der Waals surface area contributed by atoms with Crippen molar-refractivity contribution < 1.29 is 9.53 Å². The normalized spacial score (nSPS) is 20.5. The van der Waals surface area contributed by atoms with Gasteiger partial charge in [-0.15, -0.1) is 0 Å². The highest BCUT2D eigenvalue weighted by atomic mass is 16.5. The largest absolute Gasteiger partial charge is 0.466 e. The molecule has 0 fully saturated rings. The Morgan fingerprint density at radius 3 is 2.75 bits per heavy atom. The average Bonchev–Trinajstić information content (AvgIpc) is 2.83. The molecule has 0 amide bonds. The Morgan fingerprint density at radius 2 is 2.12 bits per heavy atom. The number of ether oxygens (including phenoxy) is 1. The smallest absolute Gasteiger partial charge is 0.306 e. The van der Waals surface area contributed by atoms with E-state index < -0.39 is 0 Å². The lowest BCUT2D eigenvalue weighted by molar-refractivity contribution is -0.143. The molecule has 1 aromatic carbocycles. The van der Waals surface area contributed by atoms with E-state index in [2.05, 4.69) is 32.9 Å². The Kier molecular flexibility index (Phi) is 6.43. The molecule has 0 aliphatic heterocycles. The molecule has 0 aromatic heterocycles. The Hall–Kier alpha value is -1.82. The number of esters is 1. The summed E-state index contributed by atoms with van der Waals surface area (Å²) in [7, 11) is 0. The van der Waals surface area contributed by atoms with Gasteiger partial charge in [-0.1, -0.05) is 26.8 Å². The summed E-state index contributed by atoms with van der Waals surface area (Å²) in [6.45, 7) is 9.09. The van der Waals surface area contributed by atoms with E-state index in [-0.39, 0.29) is 11.9 Å². The lowest BCUT2D eigenvalue weighted by Gasteiger charge is -2.24. The molecule has 24 heavy (non-hydrogen) atoms. The second kappa shape index (κ2) is 8.33. The van der Waals surface area contributed by atoms with Gasteiger partial charge in [0, 0.05) is 0 Å². The van der Waals surface area contributed by atoms with Crippen molar-refractivity contribution in [3.63, 3.8) is 0 Å². The van der Waals surface area contributed by atoms with Crippen LogP contribution >= 0.6 is 0 Å². The quantitative estimate of drug-likeness (QED) is 0.673. The summed E-state index contributed by atoms with van der Waals surface area (Å²) in [6.07, 6.45) is 3.77. The first-order chi connectivity index (χ1) is 11.4. The first-order valence-electron chi connectivity index (χ1n) is 9.13. The second-order valence-electron chi connectivity index (χ2n) is 7.58. The Morgan fingerprint density at radius 1 is 1.38 bits per heavy atom. The zero-order chi connectivity index (χ0) is 17.7. The summed E-state index contributed by atoms with van der Waals surface area (Å²) in [4.78, 5) is 12.1. The Balaban J connectivity index is 2.20. The molecule has 130 valence electrons. The fourth-order valence-electron chi connectivity index (χ4n) is 4.22. The van der Waals surface area contributed by atoms with Gasteiger partial charge in [-0.25, -0.2) is 0 Å². The molecular weight excluding hydrogens is 298 g/mol. The number of carbonyl (C=O) groups excluding carboxylic acids is 1. The highest BCUT2D eigenvalue weighted by molar-refractivity contribution is 5.71. The zero-order valence-corrected chi connectivity index (χ0v) is 15.3. The molecule has 0 spiro atoms. The van der Waals surface area contributed by atoms with Gasteiger partial charge in [-0.05, 0) is 73.1 Å². The van der Waals surface area contributed by atoms with E-state index in [1.54, 1.807) is 0 Å². The number of nitriles is 1. The number of rotatable bonds is 7. The second-order valence-corrected chi connectivity index (χ2v) is 7.58. The van der Waals surface area contributed by atoms with Gasteiger partial charge in [0.1, 0.15) is 0 Å². The molecule has 1 aromatic rings. The predicted octanol–water partition coefficient (Wildman–Crippen LogP) is 4.84. The summed E-state index contributed by atoms with van der Waals surface area (Å²) in [6, 6.07) is 8.16. The van der Waals surface area contributed by atoms with Crippen LogP contribution in [0.5, 0.6) is 0 Å². The molecule has 0 N–H and O–H groups in total. The van der Waals surface area contributed by atoms with Gasteiger partial charge in [0.25, 0.3) is 0 Å². The van der Waals surface area contributed by atoms with E-state index in [0.717, 1.165) is 12.8 Å². The van der Waals surface area contributed by atoms with Crippen molar-refractivity contribution >= 4 is 5.97 Å². The van der Waals surface area contributed by atoms with Crippen LogP contribution in [-0.4, -0.2) is 12.6 Å². The van der Waals surface area contributed by atoms with Gasteiger partial charge in [-0.3, -0.25) is 4.79 Å². The number of hydrogen-bond acceptors (Lipinski definition) is 3. The molecule has 0 saturated heterocycles. The van der Waals surface area contributed by atoms with Crippen LogP contribution in [0.15, 0.2) is 18.2 Å². The summed E-state index contributed by atoms with van der Waals surface area (Å²) in [5, 5.41) is 9.19. The fourth-order valence-corrected chi connectivity index (χ4v) is 4.22. The van der Waals surface area contributed by atoms with Gasteiger partial charge in [0.05, 0.1) is 24.7 Å². The van der Waals surface area contributed by atoms with E-state index >= 15 is 0 Å². The van der Waals surface area contributed by atoms with Crippen molar-refractivity contribution in [1.82, 2.24) is 0 Å². The molecule has 0 bridgehead atoms. The lowest BCUT2D eigenvalue weighted by Crippen LogP contribution is -2.17. The van der Waals surface area contributed by atoms with Gasteiger partial charge < -0.3 is 4.74 Å². The van der Waals surface area contributed by atoms with E-state index in [1.807, 2.05) is 19.1 Å². The molecule has 1 aliphatic carbocycles. The van der Waals surface area contributed by atoms with Gasteiger partial charge >= 0.3 is 5.97 Å². The average molecular weight is 327 g/mol. The molecule has 3 atom stereocenters. The first kappa shape index (κ1) is 18.5. The van der Waals surface area contributed by atoms with Crippen molar-refractivity contribution in [1.29, 1.82) is 5.26 Å². The maximum Gasteiger partial charge on any atom is 0.306 e. The van der Waals surface area contributed by atoms with Gasteiger partial charge in [0.2, 0.25) is 0 Å². The van der Waals surface area contributed by atoms with Crippen LogP contribution in [0.2, 0.25) is 0 Å². The SMILES string of the molecule is CCOC(=O)CC1c2cc(C#N)ccc2C[C@@H]1CC(C)CC(C)C. The predicted molar refractivity (Wildman–Crippen MR) is 95.6 cm³/mol. The minimum Gasteiger partial charge on any atom is -0.466 e. The summed E-state index contributed by atoms with van der Waals surface area (Å²) in [5.41, 5.74) is 3.16. The number of benzene rings is 1. The third-order valence-electron chi connectivity index (χ3n) is 5.00. The third-order valence-corrected chi connectivity index (χ3v) is 5.00. The summed E-state index contributed by atoms with van der Waals surface area (Å²) in [5.74, 6) is 1.86. The van der Waals surface area contributed by atoms with Crippen LogP contribution in [0.25, 0.3) is 0 Å². The third kappa shape index (κ3) is 4.60. The van der Waals surface area contributed by atoms with Crippen molar-refractivity contribution in [2.75, 3.05) is 6.61 Å². The van der Waals surface area contributed by atoms with Crippen LogP contribution in [-0.2, 0) is 16.0 Å². The molecule has 0 heterocycles. The number of carbonyl (C=O) groups is 1. The van der Waals surface area contributed by atoms with Crippen LogP contribution in [0.1, 0.15) is 69.6 Å². The highest BCUT2D eigenvalue weighted by Crippen LogP contribution is 2.44. The zero-order valence-electron chi connectivity index (χ0n) is 15.3. The van der Waals surface area contributed by atoms with Crippen LogP contribution in [0.3, 0.4) is 0 Å². The number of fused-ring (bicyclic) bond motifs is 1. The van der Waals surface area contributed by atoms with Crippen molar-refractivity contribution in [3.05, 3.63) is 34.9 Å². The van der Waals surface area contributed by atoms with E-state index in [0.29, 0.717) is 36.3 Å². The van der Waals surface area contributed by atoms with Gasteiger partial charge in [-0.2, -0.15) is 5.26 Å². The van der Waals surface area contributed by atoms with Crippen LogP contribution < -0.4 is 0 Å². The molecule has 3 heteroatoms. The van der Waals surface area contributed by atoms with Crippen LogP contribution in [0.4, 0.5) is 0 Å². The topological polar surface area (TPSA) is 50.1 Å². The standard InChI is InChI=1S/C21H29NO2/c1-5-24-21(23)12-20-18(9-15(4)8-14(2)3)11-17-7-6-16(13-22)10-19(17)20/h6-7,10,14-15,18,20H,5,8-9,11-12H2,1-4H3/t15?,18-,20?/m0/s1. The molecule has 3 nitrogen and oxygen atoms in total. The first-order valence-corrected chi connectivity index (χ1v) is 9.13. The molecule has 0 saturated carbocycles. The minimum absolute atomic E-state index is 0.126. The molecule has 2 unspecified atom stereocenters. The maximum atomic E-state index is 12.1. The Bertz CT molecular complexity index is 615. The van der Waals surface area contributed by atoms with E-state index in [4.69, 9.17) is 4.74 Å². The van der Waals surface area contributed by atoms with Crippen LogP contribution in [0, 0.1) is 29.1 Å². The highest BCUT2D eigenvalue weighted by Gasteiger charge is 2.35. The van der Waals surface area contributed by atoms with Crippen molar-refractivity contribution in [2.24, 2.45) is 17.8 Å². The molecular formula is C21H29NO2. The summed E-state index contributed by atoms with van der Waals surface area (Å²) >= 11 is 0. The molecule has 0 radical (unpaired) electrons. The minimum atomic E-state index is -0.126. The number of hydrogen-bond donors (Lipinski definition) is 0. The summed E-state index contributed by atoms with van der Waals surface area (Å²) < 4.78 is 5.19. The van der Waals surface area contributed by atoms with Crippen molar-refractivity contribution in [2.45, 2.75) is 59.3 Å². The Labute approximate surface area is 146 Å².